The normalized spacial score (nSPS) is 14.2. The Labute approximate surface area is 118 Å². The fraction of sp³-hybridized carbons (Fsp3) is 0.600. The maximum Gasteiger partial charge on any atom is 0.264 e. The Morgan fingerprint density at radius 3 is 2.75 bits per heavy atom. The predicted octanol–water partition coefficient (Wildman–Crippen LogP) is 1.74. The Bertz CT molecular complexity index is 561. The summed E-state index contributed by atoms with van der Waals surface area (Å²) in [6.45, 7) is 4.64. The molecule has 1 aliphatic carbocycles. The molecule has 110 valence electrons. The first kappa shape index (κ1) is 14.6. The molecule has 0 aliphatic heterocycles. The maximum atomic E-state index is 12.1. The van der Waals surface area contributed by atoms with E-state index < -0.39 is 11.5 Å². The molecule has 0 atom stereocenters. The fourth-order valence-electron chi connectivity index (χ4n) is 2.54. The minimum atomic E-state index is -0.495. The molecular weight excluding hydrogens is 256 g/mol. The van der Waals surface area contributed by atoms with Gasteiger partial charge in [0.05, 0.1) is 0 Å². The molecule has 0 bridgehead atoms. The van der Waals surface area contributed by atoms with Crippen LogP contribution in [0.2, 0.25) is 0 Å². The van der Waals surface area contributed by atoms with Crippen LogP contribution < -0.4 is 10.9 Å². The lowest BCUT2D eigenvalue weighted by atomic mass is 9.93. The van der Waals surface area contributed by atoms with E-state index in [1.54, 1.807) is 0 Å². The lowest BCUT2D eigenvalue weighted by molar-refractivity contribution is 0.0947. The van der Waals surface area contributed by atoms with Crippen molar-refractivity contribution in [2.45, 2.75) is 46.0 Å². The molecule has 3 N–H and O–H groups in total. The van der Waals surface area contributed by atoms with Crippen LogP contribution in [-0.4, -0.2) is 22.5 Å². The average molecular weight is 278 g/mol. The van der Waals surface area contributed by atoms with E-state index in [1.165, 1.54) is 0 Å². The van der Waals surface area contributed by atoms with E-state index in [0.717, 1.165) is 36.9 Å². The molecule has 1 heterocycles. The van der Waals surface area contributed by atoms with Crippen LogP contribution in [0.1, 0.15) is 54.7 Å². The van der Waals surface area contributed by atoms with Crippen molar-refractivity contribution in [3.05, 3.63) is 27.2 Å². The second-order valence-corrected chi connectivity index (χ2v) is 5.78. The molecule has 0 saturated carbocycles. The van der Waals surface area contributed by atoms with Crippen LogP contribution in [0.25, 0.3) is 0 Å². The SMILES string of the molecule is CC(C)CCNC(=O)c1c(O)c2c([nH]c1=O)CCCC2. The van der Waals surface area contributed by atoms with Crippen molar-refractivity contribution in [2.75, 3.05) is 6.54 Å². The zero-order valence-corrected chi connectivity index (χ0v) is 12.1. The smallest absolute Gasteiger partial charge is 0.264 e. The summed E-state index contributed by atoms with van der Waals surface area (Å²) < 4.78 is 0. The molecule has 0 saturated heterocycles. The van der Waals surface area contributed by atoms with Crippen LogP contribution in [0.5, 0.6) is 5.75 Å². The summed E-state index contributed by atoms with van der Waals surface area (Å²) >= 11 is 0. The fourth-order valence-corrected chi connectivity index (χ4v) is 2.54. The zero-order chi connectivity index (χ0) is 14.7. The quantitative estimate of drug-likeness (QED) is 0.784. The molecule has 0 aromatic carbocycles. The van der Waals surface area contributed by atoms with Gasteiger partial charge in [-0.15, -0.1) is 0 Å². The van der Waals surface area contributed by atoms with Gasteiger partial charge in [-0.3, -0.25) is 9.59 Å². The first-order chi connectivity index (χ1) is 9.50. The predicted molar refractivity (Wildman–Crippen MR) is 77.2 cm³/mol. The number of aryl methyl sites for hydroxylation is 1. The Balaban J connectivity index is 2.23. The topological polar surface area (TPSA) is 82.2 Å². The summed E-state index contributed by atoms with van der Waals surface area (Å²) in [6, 6.07) is 0. The molecule has 2 rings (SSSR count). The Morgan fingerprint density at radius 2 is 2.05 bits per heavy atom. The van der Waals surface area contributed by atoms with Gasteiger partial charge in [-0.25, -0.2) is 0 Å². The Kier molecular flexibility index (Phi) is 4.47. The van der Waals surface area contributed by atoms with E-state index in [2.05, 4.69) is 24.1 Å². The largest absolute Gasteiger partial charge is 0.507 e. The van der Waals surface area contributed by atoms with Gasteiger partial charge >= 0.3 is 0 Å². The van der Waals surface area contributed by atoms with Gasteiger partial charge in [0.15, 0.2) is 0 Å². The van der Waals surface area contributed by atoms with E-state index in [1.807, 2.05) is 0 Å². The average Bonchev–Trinajstić information content (AvgIpc) is 2.38. The summed E-state index contributed by atoms with van der Waals surface area (Å²) in [5, 5.41) is 12.9. The van der Waals surface area contributed by atoms with Gasteiger partial charge in [0.1, 0.15) is 11.3 Å². The van der Waals surface area contributed by atoms with Crippen LogP contribution in [0, 0.1) is 5.92 Å². The molecular formula is C15H22N2O3. The van der Waals surface area contributed by atoms with Gasteiger partial charge in [0.2, 0.25) is 0 Å². The van der Waals surface area contributed by atoms with Crippen molar-refractivity contribution in [1.82, 2.24) is 10.3 Å². The van der Waals surface area contributed by atoms with E-state index in [4.69, 9.17) is 0 Å². The lowest BCUT2D eigenvalue weighted by Gasteiger charge is -2.18. The molecule has 0 radical (unpaired) electrons. The van der Waals surface area contributed by atoms with Crippen molar-refractivity contribution in [3.8, 4) is 5.75 Å². The molecule has 5 nitrogen and oxygen atoms in total. The number of nitrogens with one attached hydrogen (secondary N) is 2. The van der Waals surface area contributed by atoms with E-state index >= 15 is 0 Å². The number of carbonyl (C=O) groups is 1. The first-order valence-electron chi connectivity index (χ1n) is 7.26. The summed E-state index contributed by atoms with van der Waals surface area (Å²) in [6.07, 6.45) is 4.29. The molecule has 0 spiro atoms. The summed E-state index contributed by atoms with van der Waals surface area (Å²) in [5.41, 5.74) is 0.863. The third-order valence-electron chi connectivity index (χ3n) is 3.72. The van der Waals surface area contributed by atoms with Gasteiger partial charge in [0.25, 0.3) is 11.5 Å². The molecule has 1 amide bonds. The van der Waals surface area contributed by atoms with Gasteiger partial charge < -0.3 is 15.4 Å². The molecule has 1 aliphatic rings. The van der Waals surface area contributed by atoms with Gasteiger partial charge in [-0.2, -0.15) is 0 Å². The van der Waals surface area contributed by atoms with Gasteiger partial charge in [0, 0.05) is 17.8 Å². The summed E-state index contributed by atoms with van der Waals surface area (Å²) in [4.78, 5) is 26.8. The number of aromatic nitrogens is 1. The molecule has 5 heteroatoms. The molecule has 0 fully saturated rings. The third-order valence-corrected chi connectivity index (χ3v) is 3.72. The van der Waals surface area contributed by atoms with Crippen molar-refractivity contribution < 1.29 is 9.90 Å². The Hall–Kier alpha value is -1.78. The van der Waals surface area contributed by atoms with Crippen LogP contribution in [0.3, 0.4) is 0 Å². The number of amides is 1. The first-order valence-corrected chi connectivity index (χ1v) is 7.26. The van der Waals surface area contributed by atoms with Crippen LogP contribution in [0.15, 0.2) is 4.79 Å². The number of H-pyrrole nitrogens is 1. The number of pyridine rings is 1. The van der Waals surface area contributed by atoms with E-state index in [0.29, 0.717) is 18.9 Å². The van der Waals surface area contributed by atoms with Crippen LogP contribution in [0.4, 0.5) is 0 Å². The third kappa shape index (κ3) is 3.03. The number of aromatic hydroxyl groups is 1. The summed E-state index contributed by atoms with van der Waals surface area (Å²) in [7, 11) is 0. The maximum absolute atomic E-state index is 12.1. The second kappa shape index (κ2) is 6.11. The highest BCUT2D eigenvalue weighted by Gasteiger charge is 2.23. The number of hydrogen-bond donors (Lipinski definition) is 3. The molecule has 20 heavy (non-hydrogen) atoms. The number of aromatic amines is 1. The minimum Gasteiger partial charge on any atom is -0.507 e. The second-order valence-electron chi connectivity index (χ2n) is 5.78. The minimum absolute atomic E-state index is 0.134. The number of fused-ring (bicyclic) bond motifs is 1. The highest BCUT2D eigenvalue weighted by atomic mass is 16.3. The van der Waals surface area contributed by atoms with Crippen LogP contribution >= 0.6 is 0 Å². The van der Waals surface area contributed by atoms with E-state index in [9.17, 15) is 14.7 Å². The van der Waals surface area contributed by atoms with Gasteiger partial charge in [-0.1, -0.05) is 13.8 Å². The number of carbonyl (C=O) groups excluding carboxylic acids is 1. The van der Waals surface area contributed by atoms with Crippen molar-refractivity contribution in [1.29, 1.82) is 0 Å². The van der Waals surface area contributed by atoms with Crippen molar-refractivity contribution in [2.24, 2.45) is 5.92 Å². The van der Waals surface area contributed by atoms with E-state index in [-0.39, 0.29) is 11.3 Å². The van der Waals surface area contributed by atoms with Crippen molar-refractivity contribution in [3.63, 3.8) is 0 Å². The molecule has 1 aromatic rings. The van der Waals surface area contributed by atoms with Crippen molar-refractivity contribution >= 4 is 5.91 Å². The lowest BCUT2D eigenvalue weighted by Crippen LogP contribution is -2.32. The number of hydrogen-bond acceptors (Lipinski definition) is 3. The Morgan fingerprint density at radius 1 is 1.35 bits per heavy atom. The molecule has 1 aromatic heterocycles. The standard InChI is InChI=1S/C15H22N2O3/c1-9(2)7-8-16-14(19)12-13(18)10-5-3-4-6-11(10)17-15(12)20/h9H,3-8H2,1-2H3,(H,16,19)(H2,17,18,20). The highest BCUT2D eigenvalue weighted by Crippen LogP contribution is 2.28. The van der Waals surface area contributed by atoms with Gasteiger partial charge in [-0.05, 0) is 38.0 Å². The molecule has 0 unspecified atom stereocenters. The van der Waals surface area contributed by atoms with Crippen LogP contribution in [-0.2, 0) is 12.8 Å². The summed E-state index contributed by atoms with van der Waals surface area (Å²) in [5.74, 6) is -0.144. The number of rotatable bonds is 4. The zero-order valence-electron chi connectivity index (χ0n) is 12.1. The monoisotopic (exact) mass is 278 g/mol. The highest BCUT2D eigenvalue weighted by molar-refractivity contribution is 5.96.